The number of benzene rings is 3. The molecule has 0 radical (unpaired) electrons. The van der Waals surface area contributed by atoms with Gasteiger partial charge in [0.1, 0.15) is 0 Å². The number of hydrogen-bond acceptors (Lipinski definition) is 0. The van der Waals surface area contributed by atoms with Crippen LogP contribution in [0.3, 0.4) is 0 Å². The maximum absolute atomic E-state index is 2.31. The summed E-state index contributed by atoms with van der Waals surface area (Å²) in [6, 6.07) is 31.1. The fourth-order valence-corrected chi connectivity index (χ4v) is 6.35. The quantitative estimate of drug-likeness (QED) is 0.633. The van der Waals surface area contributed by atoms with E-state index < -0.39 is 0 Å². The fraction of sp³-hybridized carbons (Fsp3) is 0.143. The van der Waals surface area contributed by atoms with Gasteiger partial charge in [-0.1, -0.05) is 84.9 Å². The van der Waals surface area contributed by atoms with Crippen molar-refractivity contribution >= 4 is 18.5 Å². The van der Waals surface area contributed by atoms with Gasteiger partial charge in [0, 0.05) is 0 Å². The van der Waals surface area contributed by atoms with Gasteiger partial charge in [-0.05, 0) is 48.2 Å². The van der Waals surface area contributed by atoms with Gasteiger partial charge in [-0.3, -0.25) is 0 Å². The molecule has 1 aliphatic carbocycles. The predicted molar refractivity (Wildman–Crippen MR) is 96.7 cm³/mol. The second kappa shape index (κ2) is 6.07. The van der Waals surface area contributed by atoms with Crippen molar-refractivity contribution in [3.8, 4) is 0 Å². The molecule has 0 saturated carbocycles. The van der Waals surface area contributed by atoms with Crippen molar-refractivity contribution in [2.24, 2.45) is 0 Å². The van der Waals surface area contributed by atoms with E-state index in [2.05, 4.69) is 84.9 Å². The first-order valence-corrected chi connectivity index (χ1v) is 9.29. The van der Waals surface area contributed by atoms with Gasteiger partial charge in [-0.2, -0.15) is 0 Å². The first kappa shape index (κ1) is 13.7. The molecule has 3 aromatic rings. The Morgan fingerprint density at radius 2 is 0.955 bits per heavy atom. The summed E-state index contributed by atoms with van der Waals surface area (Å²) in [5.41, 5.74) is 3.82. The Hall–Kier alpha value is -1.91. The highest BCUT2D eigenvalue weighted by Gasteiger charge is 2.30. The molecule has 22 heavy (non-hydrogen) atoms. The van der Waals surface area contributed by atoms with Gasteiger partial charge in [-0.25, -0.2) is 0 Å². The highest BCUT2D eigenvalue weighted by molar-refractivity contribution is 7.73. The monoisotopic (exact) mass is 302 g/mol. The van der Waals surface area contributed by atoms with Crippen molar-refractivity contribution in [3.05, 3.63) is 96.1 Å². The number of rotatable bonds is 3. The Bertz CT molecular complexity index is 685. The zero-order valence-corrected chi connectivity index (χ0v) is 13.4. The Morgan fingerprint density at radius 3 is 1.41 bits per heavy atom. The van der Waals surface area contributed by atoms with E-state index in [1.807, 2.05) is 0 Å². The normalized spacial score (nSPS) is 14.2. The van der Waals surface area contributed by atoms with Gasteiger partial charge >= 0.3 is 0 Å². The lowest BCUT2D eigenvalue weighted by molar-refractivity contribution is 0.926. The van der Waals surface area contributed by atoms with Crippen LogP contribution in [0.2, 0.25) is 0 Å². The first-order valence-electron chi connectivity index (χ1n) is 7.88. The number of hydrogen-bond donors (Lipinski definition) is 0. The molecule has 0 aromatic heterocycles. The van der Waals surface area contributed by atoms with Gasteiger partial charge < -0.3 is 0 Å². The van der Waals surface area contributed by atoms with Gasteiger partial charge in [0.05, 0.1) is 0 Å². The third-order valence-electron chi connectivity index (χ3n) is 4.46. The molecule has 0 bridgehead atoms. The van der Waals surface area contributed by atoms with Crippen molar-refractivity contribution in [1.29, 1.82) is 0 Å². The van der Waals surface area contributed by atoms with E-state index in [-0.39, 0.29) is 7.92 Å². The molecule has 1 heteroatoms. The van der Waals surface area contributed by atoms with Crippen LogP contribution in [0.4, 0.5) is 0 Å². The largest absolute Gasteiger partial charge is 0.0622 e. The van der Waals surface area contributed by atoms with Crippen LogP contribution in [-0.4, -0.2) is 5.66 Å². The van der Waals surface area contributed by atoms with Crippen LogP contribution in [0.1, 0.15) is 11.1 Å². The molecule has 0 N–H and O–H groups in total. The molecule has 0 spiro atoms. The summed E-state index contributed by atoms with van der Waals surface area (Å²) in [4.78, 5) is 0. The summed E-state index contributed by atoms with van der Waals surface area (Å²) in [5.74, 6) is 0. The Balaban J connectivity index is 1.74. The van der Waals surface area contributed by atoms with Crippen molar-refractivity contribution < 1.29 is 0 Å². The Labute approximate surface area is 133 Å². The maximum atomic E-state index is 2.31. The van der Waals surface area contributed by atoms with Crippen LogP contribution >= 0.6 is 7.92 Å². The summed E-state index contributed by atoms with van der Waals surface area (Å²) >= 11 is 0. The zero-order valence-electron chi connectivity index (χ0n) is 12.5. The van der Waals surface area contributed by atoms with Crippen molar-refractivity contribution in [3.63, 3.8) is 0 Å². The molecular weight excluding hydrogens is 283 g/mol. The summed E-state index contributed by atoms with van der Waals surface area (Å²) in [5, 5.41) is 3.00. The average molecular weight is 302 g/mol. The third kappa shape index (κ3) is 2.60. The van der Waals surface area contributed by atoms with Crippen molar-refractivity contribution in [1.82, 2.24) is 0 Å². The number of fused-ring (bicyclic) bond motifs is 1. The van der Waals surface area contributed by atoms with E-state index in [1.54, 1.807) is 11.1 Å². The molecule has 0 saturated heterocycles. The molecule has 0 unspecified atom stereocenters. The molecule has 0 amide bonds. The maximum Gasteiger partial charge on any atom is -0.00477 e. The standard InChI is InChI=1S/C21H19P/c1-3-11-19(12-4-1)22(20-13-5-2-6-14-20)21-15-17-9-7-8-10-18(17)16-21/h1-14,21H,15-16H2. The topological polar surface area (TPSA) is 0 Å². The SMILES string of the molecule is c1ccc(P(c2ccccc2)C2Cc3ccccc3C2)cc1. The molecule has 1 aliphatic rings. The lowest BCUT2D eigenvalue weighted by Gasteiger charge is -2.25. The van der Waals surface area contributed by atoms with Crippen LogP contribution < -0.4 is 10.6 Å². The minimum Gasteiger partial charge on any atom is -0.0622 e. The van der Waals surface area contributed by atoms with E-state index in [1.165, 1.54) is 23.5 Å². The van der Waals surface area contributed by atoms with E-state index in [4.69, 9.17) is 0 Å². The smallest absolute Gasteiger partial charge is 0.00477 e. The average Bonchev–Trinajstić information content (AvgIpc) is 3.00. The molecule has 108 valence electrons. The highest BCUT2D eigenvalue weighted by Crippen LogP contribution is 2.45. The van der Waals surface area contributed by atoms with Crippen LogP contribution in [0.5, 0.6) is 0 Å². The predicted octanol–water partition coefficient (Wildman–Crippen LogP) is 4.29. The summed E-state index contributed by atoms with van der Waals surface area (Å²) in [7, 11) is -0.298. The lowest BCUT2D eigenvalue weighted by atomic mass is 10.1. The van der Waals surface area contributed by atoms with E-state index >= 15 is 0 Å². The van der Waals surface area contributed by atoms with E-state index in [9.17, 15) is 0 Å². The van der Waals surface area contributed by atoms with Crippen LogP contribution in [0.15, 0.2) is 84.9 Å². The molecule has 3 aromatic carbocycles. The first-order chi connectivity index (χ1) is 10.9. The fourth-order valence-electron chi connectivity index (χ4n) is 3.47. The molecule has 0 atom stereocenters. The van der Waals surface area contributed by atoms with E-state index in [0.29, 0.717) is 0 Å². The van der Waals surface area contributed by atoms with Gasteiger partial charge in [-0.15, -0.1) is 0 Å². The third-order valence-corrected chi connectivity index (χ3v) is 7.27. The van der Waals surface area contributed by atoms with Crippen LogP contribution in [0, 0.1) is 0 Å². The highest BCUT2D eigenvalue weighted by atomic mass is 31.1. The summed E-state index contributed by atoms with van der Waals surface area (Å²) < 4.78 is 0. The molecule has 0 aliphatic heterocycles. The van der Waals surface area contributed by atoms with E-state index in [0.717, 1.165) is 5.66 Å². The van der Waals surface area contributed by atoms with Crippen LogP contribution in [-0.2, 0) is 12.8 Å². The van der Waals surface area contributed by atoms with Gasteiger partial charge in [0.25, 0.3) is 0 Å². The van der Waals surface area contributed by atoms with Crippen molar-refractivity contribution in [2.45, 2.75) is 18.5 Å². The lowest BCUT2D eigenvalue weighted by Crippen LogP contribution is -2.22. The molecule has 0 nitrogen and oxygen atoms in total. The Morgan fingerprint density at radius 1 is 0.545 bits per heavy atom. The Kier molecular flexibility index (Phi) is 3.79. The van der Waals surface area contributed by atoms with Gasteiger partial charge in [0.15, 0.2) is 0 Å². The molecule has 4 rings (SSSR count). The summed E-state index contributed by atoms with van der Waals surface area (Å²) in [6.45, 7) is 0. The second-order valence-corrected chi connectivity index (χ2v) is 8.37. The molecule has 0 heterocycles. The zero-order chi connectivity index (χ0) is 14.8. The molecule has 0 fully saturated rings. The van der Waals surface area contributed by atoms with Crippen molar-refractivity contribution in [2.75, 3.05) is 0 Å². The van der Waals surface area contributed by atoms with Gasteiger partial charge in [0.2, 0.25) is 0 Å². The minimum absolute atomic E-state index is 0.298. The minimum atomic E-state index is -0.298. The van der Waals surface area contributed by atoms with Crippen LogP contribution in [0.25, 0.3) is 0 Å². The summed E-state index contributed by atoms with van der Waals surface area (Å²) in [6.07, 6.45) is 2.43. The molecular formula is C21H19P. The second-order valence-electron chi connectivity index (χ2n) is 5.87.